The van der Waals surface area contributed by atoms with Gasteiger partial charge in [-0.1, -0.05) is 18.2 Å². The summed E-state index contributed by atoms with van der Waals surface area (Å²) in [5.41, 5.74) is 4.22. The Bertz CT molecular complexity index is 853. The molecule has 122 valence electrons. The van der Waals surface area contributed by atoms with Gasteiger partial charge >= 0.3 is 0 Å². The van der Waals surface area contributed by atoms with Gasteiger partial charge in [0, 0.05) is 42.3 Å². The summed E-state index contributed by atoms with van der Waals surface area (Å²) in [5, 5.41) is 13.2. The zero-order valence-electron chi connectivity index (χ0n) is 14.0. The number of pyridine rings is 1. The van der Waals surface area contributed by atoms with Crippen molar-refractivity contribution in [1.82, 2.24) is 15.2 Å². The molecule has 0 aliphatic carbocycles. The number of rotatable bonds is 4. The Morgan fingerprint density at radius 1 is 1.04 bits per heavy atom. The Hall–Kier alpha value is -2.69. The van der Waals surface area contributed by atoms with E-state index in [4.69, 9.17) is 0 Å². The molecule has 3 aromatic rings. The predicted molar refractivity (Wildman–Crippen MR) is 97.4 cm³/mol. The molecule has 1 saturated heterocycles. The first-order valence-electron chi connectivity index (χ1n) is 8.34. The molecule has 0 unspecified atom stereocenters. The quantitative estimate of drug-likeness (QED) is 0.800. The highest BCUT2D eigenvalue weighted by molar-refractivity contribution is 5.91. The van der Waals surface area contributed by atoms with Crippen LogP contribution in [0.25, 0.3) is 10.9 Å². The lowest BCUT2D eigenvalue weighted by Gasteiger charge is -2.40. The van der Waals surface area contributed by atoms with E-state index in [1.54, 1.807) is 0 Å². The van der Waals surface area contributed by atoms with Crippen LogP contribution in [0.15, 0.2) is 42.5 Å². The summed E-state index contributed by atoms with van der Waals surface area (Å²) in [6.45, 7) is 7.00. The molecular weight excluding hydrogens is 298 g/mol. The molecule has 0 spiro atoms. The van der Waals surface area contributed by atoms with Crippen LogP contribution in [0.1, 0.15) is 11.4 Å². The topological polar surface area (TPSA) is 53.9 Å². The summed E-state index contributed by atoms with van der Waals surface area (Å²) in [6, 6.07) is 14.5. The number of nitrogens with one attached hydrogen (secondary N) is 1. The summed E-state index contributed by atoms with van der Waals surface area (Å²) in [4.78, 5) is 6.87. The number of nitrogens with zero attached hydrogens (tertiary/aromatic N) is 4. The second kappa shape index (κ2) is 6.07. The molecule has 1 aliphatic rings. The number of fused-ring (bicyclic) bond motifs is 1. The Morgan fingerprint density at radius 3 is 2.67 bits per heavy atom. The molecule has 5 heteroatoms. The fraction of sp³-hybridized carbons (Fsp3) is 0.316. The zero-order valence-corrected chi connectivity index (χ0v) is 14.0. The fourth-order valence-electron chi connectivity index (χ4n) is 3.15. The molecule has 0 saturated carbocycles. The number of aromatic nitrogens is 3. The minimum absolute atomic E-state index is 0.625. The van der Waals surface area contributed by atoms with Gasteiger partial charge in [-0.25, -0.2) is 0 Å². The van der Waals surface area contributed by atoms with E-state index in [0.717, 1.165) is 42.4 Å². The van der Waals surface area contributed by atoms with Crippen LogP contribution in [-0.2, 0) is 0 Å². The Morgan fingerprint density at radius 2 is 1.88 bits per heavy atom. The van der Waals surface area contributed by atoms with Gasteiger partial charge in [0.1, 0.15) is 0 Å². The van der Waals surface area contributed by atoms with Crippen LogP contribution in [-0.4, -0.2) is 34.8 Å². The van der Waals surface area contributed by atoms with E-state index in [1.165, 1.54) is 11.1 Å². The van der Waals surface area contributed by atoms with Gasteiger partial charge in [-0.05, 0) is 38.1 Å². The van der Waals surface area contributed by atoms with Crippen molar-refractivity contribution in [3.8, 4) is 0 Å². The zero-order chi connectivity index (χ0) is 16.5. The fourth-order valence-corrected chi connectivity index (χ4v) is 3.15. The first kappa shape index (κ1) is 14.9. The van der Waals surface area contributed by atoms with Crippen LogP contribution >= 0.6 is 0 Å². The number of hydrogen-bond donors (Lipinski definition) is 1. The van der Waals surface area contributed by atoms with E-state index in [9.17, 15) is 0 Å². The van der Waals surface area contributed by atoms with Gasteiger partial charge in [-0.2, -0.15) is 5.10 Å². The van der Waals surface area contributed by atoms with Crippen molar-refractivity contribution in [2.45, 2.75) is 13.8 Å². The minimum atomic E-state index is 0.625. The number of anilines is 2. The van der Waals surface area contributed by atoms with Crippen LogP contribution in [0.4, 0.5) is 11.5 Å². The molecule has 0 bridgehead atoms. The average molecular weight is 319 g/mol. The normalized spacial score (nSPS) is 14.7. The van der Waals surface area contributed by atoms with Crippen molar-refractivity contribution in [2.75, 3.05) is 29.9 Å². The molecule has 4 rings (SSSR count). The maximum absolute atomic E-state index is 4.59. The Balaban J connectivity index is 1.40. The van der Waals surface area contributed by atoms with Gasteiger partial charge < -0.3 is 10.2 Å². The van der Waals surface area contributed by atoms with E-state index in [-0.39, 0.29) is 0 Å². The van der Waals surface area contributed by atoms with E-state index in [1.807, 2.05) is 32.0 Å². The van der Waals surface area contributed by atoms with Crippen LogP contribution in [0.2, 0.25) is 0 Å². The molecule has 0 atom stereocenters. The number of hydrogen-bond acceptors (Lipinski definition) is 5. The average Bonchev–Trinajstić information content (AvgIpc) is 2.54. The van der Waals surface area contributed by atoms with E-state index < -0.39 is 0 Å². The lowest BCUT2D eigenvalue weighted by molar-refractivity contribution is 0.425. The number of aryl methyl sites for hydroxylation is 2. The highest BCUT2D eigenvalue weighted by Crippen LogP contribution is 2.26. The third-order valence-electron chi connectivity index (χ3n) is 4.49. The number of benzene rings is 1. The van der Waals surface area contributed by atoms with Crippen molar-refractivity contribution in [3.63, 3.8) is 0 Å². The molecular formula is C19H21N5. The third-order valence-corrected chi connectivity index (χ3v) is 4.49. The van der Waals surface area contributed by atoms with Gasteiger partial charge in [-0.3, -0.25) is 4.98 Å². The molecule has 1 aliphatic heterocycles. The number of para-hydroxylation sites is 1. The summed E-state index contributed by atoms with van der Waals surface area (Å²) in [5.74, 6) is 1.60. The second-order valence-electron chi connectivity index (χ2n) is 6.51. The van der Waals surface area contributed by atoms with Crippen LogP contribution in [0.5, 0.6) is 0 Å². The first-order valence-corrected chi connectivity index (χ1v) is 8.34. The molecule has 1 fully saturated rings. The SMILES string of the molecule is Cc1ccc(N2CC(CNc3cc(C)nc4ccccc34)C2)nn1. The van der Waals surface area contributed by atoms with Crippen LogP contribution in [0, 0.1) is 19.8 Å². The van der Waals surface area contributed by atoms with E-state index in [2.05, 4.69) is 49.7 Å². The van der Waals surface area contributed by atoms with Gasteiger partial charge in [0.2, 0.25) is 0 Å². The van der Waals surface area contributed by atoms with Crippen molar-refractivity contribution in [2.24, 2.45) is 5.92 Å². The highest BCUT2D eigenvalue weighted by atomic mass is 15.3. The second-order valence-corrected chi connectivity index (χ2v) is 6.51. The summed E-state index contributed by atoms with van der Waals surface area (Å²) >= 11 is 0. The molecule has 0 amide bonds. The maximum atomic E-state index is 4.59. The molecule has 5 nitrogen and oxygen atoms in total. The standard InChI is InChI=1S/C19H21N5/c1-13-7-8-19(23-22-13)24-11-15(12-24)10-20-18-9-14(2)21-17-6-4-3-5-16(17)18/h3-9,15H,10-12H2,1-2H3,(H,20,21). The molecule has 0 radical (unpaired) electrons. The molecule has 1 N–H and O–H groups in total. The molecule has 2 aromatic heterocycles. The third kappa shape index (κ3) is 2.89. The van der Waals surface area contributed by atoms with E-state index in [0.29, 0.717) is 5.92 Å². The minimum Gasteiger partial charge on any atom is -0.384 e. The Kier molecular flexibility index (Phi) is 3.76. The Labute approximate surface area is 141 Å². The maximum Gasteiger partial charge on any atom is 0.151 e. The van der Waals surface area contributed by atoms with Crippen molar-refractivity contribution in [3.05, 3.63) is 53.9 Å². The predicted octanol–water partition coefficient (Wildman–Crippen LogP) is 3.19. The summed E-state index contributed by atoms with van der Waals surface area (Å²) in [7, 11) is 0. The largest absolute Gasteiger partial charge is 0.384 e. The highest BCUT2D eigenvalue weighted by Gasteiger charge is 2.27. The van der Waals surface area contributed by atoms with Crippen molar-refractivity contribution in [1.29, 1.82) is 0 Å². The van der Waals surface area contributed by atoms with E-state index >= 15 is 0 Å². The first-order chi connectivity index (χ1) is 11.7. The summed E-state index contributed by atoms with van der Waals surface area (Å²) in [6.07, 6.45) is 0. The molecule has 3 heterocycles. The lowest BCUT2D eigenvalue weighted by atomic mass is 10.00. The summed E-state index contributed by atoms with van der Waals surface area (Å²) < 4.78 is 0. The van der Waals surface area contributed by atoms with Gasteiger partial charge in [-0.15, -0.1) is 5.10 Å². The molecule has 1 aromatic carbocycles. The monoisotopic (exact) mass is 319 g/mol. The molecule has 24 heavy (non-hydrogen) atoms. The van der Waals surface area contributed by atoms with Gasteiger partial charge in [0.25, 0.3) is 0 Å². The van der Waals surface area contributed by atoms with Gasteiger partial charge in [0.05, 0.1) is 11.2 Å². The smallest absolute Gasteiger partial charge is 0.151 e. The van der Waals surface area contributed by atoms with Crippen LogP contribution in [0.3, 0.4) is 0 Å². The van der Waals surface area contributed by atoms with Gasteiger partial charge in [0.15, 0.2) is 5.82 Å². The van der Waals surface area contributed by atoms with Crippen molar-refractivity contribution < 1.29 is 0 Å². The van der Waals surface area contributed by atoms with Crippen LogP contribution < -0.4 is 10.2 Å². The lowest BCUT2D eigenvalue weighted by Crippen LogP contribution is -2.50. The van der Waals surface area contributed by atoms with Crippen molar-refractivity contribution >= 4 is 22.4 Å².